The third-order valence-electron chi connectivity index (χ3n) is 5.17. The van der Waals surface area contributed by atoms with E-state index in [0.29, 0.717) is 24.9 Å². The van der Waals surface area contributed by atoms with Gasteiger partial charge in [-0.2, -0.15) is 5.10 Å². The smallest absolute Gasteiger partial charge is 0.272 e. The number of hydrogen-bond acceptors (Lipinski definition) is 5. The van der Waals surface area contributed by atoms with Crippen LogP contribution in [-0.2, 0) is 0 Å². The number of halogens is 1. The molecule has 28 heavy (non-hydrogen) atoms. The maximum atomic E-state index is 12.7. The fourth-order valence-electron chi connectivity index (χ4n) is 3.65. The van der Waals surface area contributed by atoms with E-state index in [1.807, 2.05) is 36.0 Å². The lowest BCUT2D eigenvalue weighted by Crippen LogP contribution is -2.32. The molecule has 7 nitrogen and oxygen atoms in total. The molecule has 1 aromatic heterocycles. The number of ether oxygens (including phenoxy) is 2. The van der Waals surface area contributed by atoms with Crippen molar-refractivity contribution in [2.24, 2.45) is 0 Å². The molecule has 2 aliphatic heterocycles. The van der Waals surface area contributed by atoms with Crippen LogP contribution >= 0.6 is 12.4 Å². The van der Waals surface area contributed by atoms with Crippen LogP contribution < -0.4 is 20.1 Å². The van der Waals surface area contributed by atoms with Crippen LogP contribution in [0.2, 0.25) is 0 Å². The van der Waals surface area contributed by atoms with Gasteiger partial charge in [-0.1, -0.05) is 13.0 Å². The minimum absolute atomic E-state index is 0. The molecule has 2 aliphatic rings. The third kappa shape index (κ3) is 4.42. The predicted molar refractivity (Wildman–Crippen MR) is 109 cm³/mol. The lowest BCUT2D eigenvalue weighted by molar-refractivity contribution is 0.0929. The summed E-state index contributed by atoms with van der Waals surface area (Å²) >= 11 is 0. The van der Waals surface area contributed by atoms with Crippen molar-refractivity contribution < 1.29 is 14.3 Å². The van der Waals surface area contributed by atoms with Gasteiger partial charge in [0.25, 0.3) is 5.91 Å². The van der Waals surface area contributed by atoms with Crippen LogP contribution in [0.3, 0.4) is 0 Å². The summed E-state index contributed by atoms with van der Waals surface area (Å²) in [6.45, 7) is 5.12. The summed E-state index contributed by atoms with van der Waals surface area (Å²) in [5.74, 6) is 1.34. The van der Waals surface area contributed by atoms with E-state index in [9.17, 15) is 4.79 Å². The van der Waals surface area contributed by atoms with E-state index < -0.39 is 0 Å². The first kappa shape index (κ1) is 20.5. The number of rotatable bonds is 5. The van der Waals surface area contributed by atoms with E-state index in [2.05, 4.69) is 15.7 Å². The number of fused-ring (bicyclic) bond motifs is 1. The van der Waals surface area contributed by atoms with Crippen LogP contribution in [0.25, 0.3) is 0 Å². The number of piperidine rings is 1. The zero-order valence-corrected chi connectivity index (χ0v) is 16.8. The third-order valence-corrected chi connectivity index (χ3v) is 5.17. The molecule has 2 unspecified atom stereocenters. The number of amides is 1. The number of aromatic nitrogens is 2. The molecule has 2 atom stereocenters. The van der Waals surface area contributed by atoms with Crippen LogP contribution in [0.15, 0.2) is 30.5 Å². The number of hydrogen-bond donors (Lipinski definition) is 2. The summed E-state index contributed by atoms with van der Waals surface area (Å²) in [4.78, 5) is 12.7. The zero-order chi connectivity index (χ0) is 18.6. The molecule has 1 saturated heterocycles. The van der Waals surface area contributed by atoms with Gasteiger partial charge in [0.15, 0.2) is 11.5 Å². The first-order valence-electron chi connectivity index (χ1n) is 9.71. The Hall–Kier alpha value is -2.25. The Kier molecular flexibility index (Phi) is 6.80. The van der Waals surface area contributed by atoms with Gasteiger partial charge in [0.2, 0.25) is 0 Å². The molecule has 0 aliphatic carbocycles. The summed E-state index contributed by atoms with van der Waals surface area (Å²) in [5, 5.41) is 11.0. The Bertz CT molecular complexity index is 804. The first-order chi connectivity index (χ1) is 13.2. The Morgan fingerprint density at radius 2 is 2.14 bits per heavy atom. The Labute approximate surface area is 171 Å². The fourth-order valence-corrected chi connectivity index (χ4v) is 3.65. The lowest BCUT2D eigenvalue weighted by Gasteiger charge is -2.23. The lowest BCUT2D eigenvalue weighted by atomic mass is 10.0. The molecule has 0 spiro atoms. The van der Waals surface area contributed by atoms with Gasteiger partial charge in [0.1, 0.15) is 18.9 Å². The molecular formula is C20H27ClN4O3. The summed E-state index contributed by atoms with van der Waals surface area (Å²) < 4.78 is 13.1. The van der Waals surface area contributed by atoms with Gasteiger partial charge in [-0.3, -0.25) is 9.48 Å². The Balaban J connectivity index is 0.00000225. The molecule has 0 radical (unpaired) electrons. The highest BCUT2D eigenvalue weighted by atomic mass is 35.5. The molecule has 3 heterocycles. The van der Waals surface area contributed by atoms with E-state index >= 15 is 0 Å². The van der Waals surface area contributed by atoms with Crippen LogP contribution in [0, 0.1) is 0 Å². The molecular weight excluding hydrogens is 380 g/mol. The van der Waals surface area contributed by atoms with Crippen molar-refractivity contribution in [1.29, 1.82) is 0 Å². The second-order valence-electron chi connectivity index (χ2n) is 7.02. The van der Waals surface area contributed by atoms with Crippen LogP contribution in [-0.4, -0.2) is 42.0 Å². The molecule has 8 heteroatoms. The highest BCUT2D eigenvalue weighted by Gasteiger charge is 2.21. The highest BCUT2D eigenvalue weighted by Crippen LogP contribution is 2.33. The zero-order valence-electron chi connectivity index (χ0n) is 16.0. The van der Waals surface area contributed by atoms with Crippen molar-refractivity contribution in [3.63, 3.8) is 0 Å². The molecule has 2 aromatic rings. The van der Waals surface area contributed by atoms with Crippen LogP contribution in [0.5, 0.6) is 11.5 Å². The van der Waals surface area contributed by atoms with Crippen molar-refractivity contribution in [2.75, 3.05) is 26.3 Å². The highest BCUT2D eigenvalue weighted by molar-refractivity contribution is 5.92. The van der Waals surface area contributed by atoms with E-state index in [4.69, 9.17) is 9.47 Å². The van der Waals surface area contributed by atoms with Crippen molar-refractivity contribution in [3.05, 3.63) is 41.7 Å². The van der Waals surface area contributed by atoms with Crippen LogP contribution in [0.1, 0.15) is 54.3 Å². The van der Waals surface area contributed by atoms with Crippen molar-refractivity contribution in [3.8, 4) is 11.5 Å². The topological polar surface area (TPSA) is 77.4 Å². The van der Waals surface area contributed by atoms with Gasteiger partial charge < -0.3 is 20.1 Å². The number of benzene rings is 1. The summed E-state index contributed by atoms with van der Waals surface area (Å²) in [5.41, 5.74) is 1.46. The van der Waals surface area contributed by atoms with E-state index in [-0.39, 0.29) is 24.4 Å². The normalized spacial score (nSPS) is 19.4. The molecule has 1 fully saturated rings. The fraction of sp³-hybridized carbons (Fsp3) is 0.500. The molecule has 0 bridgehead atoms. The maximum Gasteiger partial charge on any atom is 0.272 e. The van der Waals surface area contributed by atoms with E-state index in [1.54, 1.807) is 6.07 Å². The molecule has 4 rings (SSSR count). The number of carbonyl (C=O) groups is 1. The summed E-state index contributed by atoms with van der Waals surface area (Å²) in [7, 11) is 0. The molecule has 2 N–H and O–H groups in total. The van der Waals surface area contributed by atoms with Gasteiger partial charge >= 0.3 is 0 Å². The minimum Gasteiger partial charge on any atom is -0.486 e. The second kappa shape index (κ2) is 9.30. The SMILES string of the molecule is CCC(NC(=O)c1ccn(C2CCCNC2)n1)c1ccc2c(c1)OCCO2.Cl. The van der Waals surface area contributed by atoms with Gasteiger partial charge in [-0.25, -0.2) is 0 Å². The maximum absolute atomic E-state index is 12.7. The second-order valence-corrected chi connectivity index (χ2v) is 7.02. The molecule has 0 saturated carbocycles. The number of carbonyl (C=O) groups excluding carboxylic acids is 1. The van der Waals surface area contributed by atoms with Crippen molar-refractivity contribution in [1.82, 2.24) is 20.4 Å². The largest absolute Gasteiger partial charge is 0.486 e. The summed E-state index contributed by atoms with van der Waals surface area (Å²) in [6, 6.07) is 7.85. The molecule has 1 amide bonds. The van der Waals surface area contributed by atoms with Gasteiger partial charge in [0.05, 0.1) is 12.1 Å². The predicted octanol–water partition coefficient (Wildman–Crippen LogP) is 2.88. The average Bonchev–Trinajstić information content (AvgIpc) is 3.22. The first-order valence-corrected chi connectivity index (χ1v) is 9.71. The number of nitrogens with zero attached hydrogens (tertiary/aromatic N) is 2. The van der Waals surface area contributed by atoms with Crippen LogP contribution in [0.4, 0.5) is 0 Å². The Morgan fingerprint density at radius 1 is 1.32 bits per heavy atom. The van der Waals surface area contributed by atoms with E-state index in [0.717, 1.165) is 49.4 Å². The van der Waals surface area contributed by atoms with Crippen molar-refractivity contribution >= 4 is 18.3 Å². The van der Waals surface area contributed by atoms with Gasteiger partial charge in [-0.05, 0) is 49.6 Å². The quantitative estimate of drug-likeness (QED) is 0.798. The molecule has 1 aromatic carbocycles. The van der Waals surface area contributed by atoms with E-state index in [1.165, 1.54) is 0 Å². The monoisotopic (exact) mass is 406 g/mol. The molecule has 152 valence electrons. The Morgan fingerprint density at radius 3 is 2.89 bits per heavy atom. The van der Waals surface area contributed by atoms with Crippen molar-refractivity contribution in [2.45, 2.75) is 38.3 Å². The summed E-state index contributed by atoms with van der Waals surface area (Å²) in [6.07, 6.45) is 4.90. The van der Waals surface area contributed by atoms with Gasteiger partial charge in [-0.15, -0.1) is 12.4 Å². The van der Waals surface area contributed by atoms with Gasteiger partial charge in [0, 0.05) is 12.7 Å². The standard InChI is InChI=1S/C20H26N4O3.ClH/c1-2-16(14-5-6-18-19(12-14)27-11-10-26-18)22-20(25)17-7-9-24(23-17)15-4-3-8-21-13-15;/h5-7,9,12,15-16,21H,2-4,8,10-11,13H2,1H3,(H,22,25);1H. The minimum atomic E-state index is -0.153. The average molecular weight is 407 g/mol. The number of nitrogens with one attached hydrogen (secondary N) is 2.